The minimum Gasteiger partial charge on any atom is -0.370 e. The predicted molar refractivity (Wildman–Crippen MR) is 97.8 cm³/mol. The molecular formula is C16H25ClN3O4S+. The number of hydrogen-bond acceptors (Lipinski definition) is 4. The maximum atomic E-state index is 12.2. The molecule has 2 N–H and O–H groups in total. The average molecular weight is 391 g/mol. The highest BCUT2D eigenvalue weighted by Gasteiger charge is 2.22. The van der Waals surface area contributed by atoms with Gasteiger partial charge in [0.2, 0.25) is 15.9 Å². The second kappa shape index (κ2) is 8.84. The lowest BCUT2D eigenvalue weighted by Gasteiger charge is -2.25. The number of morpholine rings is 1. The number of nitrogens with zero attached hydrogens (tertiary/aromatic N) is 1. The zero-order valence-electron chi connectivity index (χ0n) is 14.5. The second-order valence-corrected chi connectivity index (χ2v) is 8.51. The van der Waals surface area contributed by atoms with Crippen molar-refractivity contribution < 1.29 is 22.8 Å². The summed E-state index contributed by atoms with van der Waals surface area (Å²) in [5.41, 5.74) is 1.16. The lowest BCUT2D eigenvalue weighted by Crippen LogP contribution is -3.14. The van der Waals surface area contributed by atoms with Crippen molar-refractivity contribution in [3.05, 3.63) is 28.8 Å². The number of carbonyl (C=O) groups is 1. The van der Waals surface area contributed by atoms with E-state index in [1.165, 1.54) is 4.90 Å². The summed E-state index contributed by atoms with van der Waals surface area (Å²) in [4.78, 5) is 13.6. The Balaban J connectivity index is 1.96. The van der Waals surface area contributed by atoms with Gasteiger partial charge in [0.25, 0.3) is 0 Å². The third-order valence-electron chi connectivity index (χ3n) is 4.12. The van der Waals surface area contributed by atoms with Crippen molar-refractivity contribution in [1.82, 2.24) is 5.32 Å². The first-order valence-electron chi connectivity index (χ1n) is 8.19. The van der Waals surface area contributed by atoms with E-state index < -0.39 is 10.0 Å². The number of sulfonamides is 1. The molecule has 0 radical (unpaired) electrons. The van der Waals surface area contributed by atoms with Crippen LogP contribution in [-0.2, 0) is 19.6 Å². The van der Waals surface area contributed by atoms with Crippen molar-refractivity contribution in [3.8, 4) is 0 Å². The maximum absolute atomic E-state index is 12.2. The Morgan fingerprint density at radius 2 is 2.04 bits per heavy atom. The number of hydrogen-bond donors (Lipinski definition) is 2. The monoisotopic (exact) mass is 390 g/mol. The topological polar surface area (TPSA) is 80.2 Å². The van der Waals surface area contributed by atoms with E-state index in [9.17, 15) is 13.2 Å². The number of benzene rings is 1. The number of rotatable bonds is 7. The molecule has 0 unspecified atom stereocenters. The number of aryl methyl sites for hydroxylation is 1. The van der Waals surface area contributed by atoms with Gasteiger partial charge >= 0.3 is 0 Å². The molecule has 1 aromatic carbocycles. The number of amides is 1. The van der Waals surface area contributed by atoms with Gasteiger partial charge in [-0.15, -0.1) is 0 Å². The summed E-state index contributed by atoms with van der Waals surface area (Å²) in [5.74, 6) is -0.326. The minimum atomic E-state index is -3.59. The van der Waals surface area contributed by atoms with Crippen molar-refractivity contribution in [2.24, 2.45) is 0 Å². The summed E-state index contributed by atoms with van der Waals surface area (Å²) in [7, 11) is -3.59. The molecule has 0 aliphatic carbocycles. The van der Waals surface area contributed by atoms with Gasteiger partial charge in [0, 0.05) is 5.02 Å². The fourth-order valence-electron chi connectivity index (χ4n) is 2.75. The summed E-state index contributed by atoms with van der Waals surface area (Å²) < 4.78 is 30.6. The Morgan fingerprint density at radius 3 is 2.64 bits per heavy atom. The Morgan fingerprint density at radius 1 is 1.36 bits per heavy atom. The molecule has 1 heterocycles. The summed E-state index contributed by atoms with van der Waals surface area (Å²) in [6.07, 6.45) is 1.09. The zero-order chi connectivity index (χ0) is 18.4. The summed E-state index contributed by atoms with van der Waals surface area (Å²) >= 11 is 5.93. The van der Waals surface area contributed by atoms with Crippen LogP contribution in [0, 0.1) is 6.92 Å². The van der Waals surface area contributed by atoms with Crippen LogP contribution in [-0.4, -0.2) is 66.5 Å². The maximum Gasteiger partial charge on any atom is 0.240 e. The highest BCUT2D eigenvalue weighted by molar-refractivity contribution is 7.92. The van der Waals surface area contributed by atoms with Crippen LogP contribution >= 0.6 is 11.6 Å². The third-order valence-corrected chi connectivity index (χ3v) is 5.48. The van der Waals surface area contributed by atoms with Crippen LogP contribution in [0.2, 0.25) is 5.02 Å². The third kappa shape index (κ3) is 6.14. The van der Waals surface area contributed by atoms with Gasteiger partial charge in [0.05, 0.1) is 38.2 Å². The highest BCUT2D eigenvalue weighted by atomic mass is 35.5. The molecule has 1 aliphatic heterocycles. The van der Waals surface area contributed by atoms with Crippen molar-refractivity contribution in [1.29, 1.82) is 0 Å². The zero-order valence-corrected chi connectivity index (χ0v) is 16.1. The van der Waals surface area contributed by atoms with Gasteiger partial charge in [-0.1, -0.05) is 11.6 Å². The normalized spacial score (nSPS) is 15.8. The number of halogens is 1. The Hall–Kier alpha value is -1.35. The lowest BCUT2D eigenvalue weighted by molar-refractivity contribution is -0.906. The largest absolute Gasteiger partial charge is 0.370 e. The number of carbonyl (C=O) groups excluding carboxylic acids is 1. The Kier molecular flexibility index (Phi) is 7.06. The Labute approximate surface area is 153 Å². The minimum absolute atomic E-state index is 0.250. The molecule has 0 spiro atoms. The molecule has 1 amide bonds. The summed E-state index contributed by atoms with van der Waals surface area (Å²) in [6, 6.07) is 4.90. The highest BCUT2D eigenvalue weighted by Crippen LogP contribution is 2.25. The number of nitrogens with one attached hydrogen (secondary N) is 2. The lowest BCUT2D eigenvalue weighted by atomic mass is 10.2. The van der Waals surface area contributed by atoms with E-state index in [0.29, 0.717) is 22.8 Å². The van der Waals surface area contributed by atoms with Crippen molar-refractivity contribution in [2.45, 2.75) is 6.92 Å². The molecule has 140 valence electrons. The number of quaternary nitrogens is 1. The molecule has 0 aromatic heterocycles. The second-order valence-electron chi connectivity index (χ2n) is 6.16. The van der Waals surface area contributed by atoms with Crippen LogP contribution < -0.4 is 14.5 Å². The molecule has 25 heavy (non-hydrogen) atoms. The van der Waals surface area contributed by atoms with Crippen LogP contribution in [0.25, 0.3) is 0 Å². The van der Waals surface area contributed by atoms with Crippen LogP contribution in [0.15, 0.2) is 18.2 Å². The number of ether oxygens (including phenoxy) is 1. The molecular weight excluding hydrogens is 366 g/mol. The van der Waals surface area contributed by atoms with Gasteiger partial charge in [0.1, 0.15) is 19.6 Å². The van der Waals surface area contributed by atoms with Gasteiger partial charge < -0.3 is 15.0 Å². The van der Waals surface area contributed by atoms with Crippen molar-refractivity contribution in [2.75, 3.05) is 56.5 Å². The fourth-order valence-corrected chi connectivity index (χ4v) is 3.90. The van der Waals surface area contributed by atoms with E-state index in [-0.39, 0.29) is 12.5 Å². The van der Waals surface area contributed by atoms with Gasteiger partial charge in [-0.2, -0.15) is 0 Å². The average Bonchev–Trinajstić information content (AvgIpc) is 2.53. The van der Waals surface area contributed by atoms with Gasteiger partial charge in [-0.3, -0.25) is 9.10 Å². The van der Waals surface area contributed by atoms with E-state index in [1.807, 2.05) is 0 Å². The molecule has 1 aliphatic rings. The van der Waals surface area contributed by atoms with Crippen LogP contribution in [0.4, 0.5) is 5.69 Å². The first-order valence-corrected chi connectivity index (χ1v) is 10.4. The van der Waals surface area contributed by atoms with Gasteiger partial charge in [-0.25, -0.2) is 8.42 Å². The first-order chi connectivity index (χ1) is 11.8. The predicted octanol–water partition coefficient (Wildman–Crippen LogP) is -0.554. The molecule has 0 bridgehead atoms. The molecule has 1 fully saturated rings. The molecule has 9 heteroatoms. The van der Waals surface area contributed by atoms with Crippen LogP contribution in [0.5, 0.6) is 0 Å². The standard InChI is InChI=1S/C16H24ClN3O4S/c1-13-11-14(17)3-4-15(13)20(25(2,22)23)12-16(21)18-5-6-19-7-9-24-10-8-19/h3-4,11H,5-10,12H2,1-2H3,(H,18,21)/p+1. The van der Waals surface area contributed by atoms with Gasteiger partial charge in [-0.05, 0) is 30.7 Å². The van der Waals surface area contributed by atoms with Crippen LogP contribution in [0.1, 0.15) is 5.56 Å². The molecule has 2 rings (SSSR count). The number of anilines is 1. The fraction of sp³-hybridized carbons (Fsp3) is 0.562. The SMILES string of the molecule is Cc1cc(Cl)ccc1N(CC(=O)NCC[NH+]1CCOCC1)S(C)(=O)=O. The van der Waals surface area contributed by atoms with E-state index in [4.69, 9.17) is 16.3 Å². The van der Waals surface area contributed by atoms with E-state index >= 15 is 0 Å². The van der Waals surface area contributed by atoms with E-state index in [0.717, 1.165) is 43.4 Å². The first kappa shape index (κ1) is 20.0. The molecule has 0 saturated carbocycles. The quantitative estimate of drug-likeness (QED) is 0.654. The summed E-state index contributed by atoms with van der Waals surface area (Å²) in [6.45, 7) is 6.14. The molecule has 1 aromatic rings. The molecule has 7 nitrogen and oxygen atoms in total. The molecule has 0 atom stereocenters. The van der Waals surface area contributed by atoms with Crippen molar-refractivity contribution >= 4 is 33.2 Å². The molecule has 1 saturated heterocycles. The van der Waals surface area contributed by atoms with E-state index in [2.05, 4.69) is 5.32 Å². The van der Waals surface area contributed by atoms with Gasteiger partial charge in [0.15, 0.2) is 0 Å². The van der Waals surface area contributed by atoms with Crippen LogP contribution in [0.3, 0.4) is 0 Å². The van der Waals surface area contributed by atoms with E-state index in [1.54, 1.807) is 25.1 Å². The summed E-state index contributed by atoms with van der Waals surface area (Å²) in [5, 5.41) is 3.32. The smallest absolute Gasteiger partial charge is 0.240 e. The Bertz CT molecular complexity index is 705. The van der Waals surface area contributed by atoms with Crippen molar-refractivity contribution in [3.63, 3.8) is 0 Å².